The van der Waals surface area contributed by atoms with E-state index >= 15 is 0 Å². The zero-order valence-electron chi connectivity index (χ0n) is 6.21. The monoisotopic (exact) mass is 136 g/mol. The molecule has 0 fully saturated rings. The fraction of sp³-hybridized carbons (Fsp3) is 0.444. The Morgan fingerprint density at radius 3 is 3.00 bits per heavy atom. The lowest BCUT2D eigenvalue weighted by Gasteiger charge is -2.03. The summed E-state index contributed by atoms with van der Waals surface area (Å²) in [4.78, 5) is 10.9. The van der Waals surface area contributed by atoms with E-state index in [4.69, 9.17) is 0 Å². The van der Waals surface area contributed by atoms with Gasteiger partial charge in [0.1, 0.15) is 5.78 Å². The number of allylic oxidation sites excluding steroid dienone is 4. The maximum atomic E-state index is 10.9. The third kappa shape index (κ3) is 1.83. The van der Waals surface area contributed by atoms with Crippen molar-refractivity contribution in [1.29, 1.82) is 0 Å². The fourth-order valence-corrected chi connectivity index (χ4v) is 1.08. The van der Waals surface area contributed by atoms with Crippen molar-refractivity contribution in [2.75, 3.05) is 0 Å². The molecule has 1 rings (SSSR count). The third-order valence-corrected chi connectivity index (χ3v) is 1.76. The van der Waals surface area contributed by atoms with E-state index in [1.165, 1.54) is 0 Å². The van der Waals surface area contributed by atoms with E-state index in [0.29, 0.717) is 0 Å². The Labute approximate surface area is 61.4 Å². The first kappa shape index (κ1) is 7.26. The summed E-state index contributed by atoms with van der Waals surface area (Å²) in [5, 5.41) is 0. The van der Waals surface area contributed by atoms with Gasteiger partial charge in [0.25, 0.3) is 0 Å². The first-order valence-corrected chi connectivity index (χ1v) is 3.64. The van der Waals surface area contributed by atoms with Gasteiger partial charge in [0.2, 0.25) is 0 Å². The maximum absolute atomic E-state index is 10.9. The molecule has 1 heteroatoms. The number of Topliss-reactive ketones (excluding diaryl/α,β-unsaturated/α-hetero) is 1. The molecule has 0 heterocycles. The Balaban J connectivity index is 2.56. The predicted octanol–water partition coefficient (Wildman–Crippen LogP) is 2.10. The van der Waals surface area contributed by atoms with Gasteiger partial charge in [-0.05, 0) is 19.8 Å². The maximum Gasteiger partial charge on any atom is 0.136 e. The molecule has 1 aliphatic carbocycles. The van der Waals surface area contributed by atoms with Gasteiger partial charge in [-0.15, -0.1) is 0 Å². The largest absolute Gasteiger partial charge is 0.299 e. The zero-order chi connectivity index (χ0) is 7.40. The molecule has 1 atom stereocenters. The summed E-state index contributed by atoms with van der Waals surface area (Å²) < 4.78 is 0. The number of hydrogen-bond donors (Lipinski definition) is 0. The van der Waals surface area contributed by atoms with Crippen molar-refractivity contribution in [3.05, 3.63) is 24.3 Å². The average molecular weight is 136 g/mol. The summed E-state index contributed by atoms with van der Waals surface area (Å²) in [6.45, 7) is 1.65. The summed E-state index contributed by atoms with van der Waals surface area (Å²) in [6, 6.07) is 0. The second-order valence-electron chi connectivity index (χ2n) is 2.61. The molecule has 0 amide bonds. The lowest BCUT2D eigenvalue weighted by atomic mass is 10.0. The lowest BCUT2D eigenvalue weighted by molar-refractivity contribution is -0.119. The second-order valence-corrected chi connectivity index (χ2v) is 2.61. The number of rotatable bonds is 1. The van der Waals surface area contributed by atoms with Crippen LogP contribution in [-0.2, 0) is 4.79 Å². The molecule has 0 saturated carbocycles. The van der Waals surface area contributed by atoms with E-state index in [2.05, 4.69) is 6.08 Å². The summed E-state index contributed by atoms with van der Waals surface area (Å²) in [5.41, 5.74) is 0. The molecule has 0 radical (unpaired) electrons. The molecule has 0 spiro atoms. The normalized spacial score (nSPS) is 24.3. The molecule has 0 aliphatic heterocycles. The molecule has 0 aromatic carbocycles. The Morgan fingerprint density at radius 1 is 1.50 bits per heavy atom. The van der Waals surface area contributed by atoms with Gasteiger partial charge in [-0.2, -0.15) is 0 Å². The first-order chi connectivity index (χ1) is 4.80. The minimum absolute atomic E-state index is 0.162. The second kappa shape index (κ2) is 3.35. The van der Waals surface area contributed by atoms with Gasteiger partial charge in [-0.1, -0.05) is 24.3 Å². The van der Waals surface area contributed by atoms with Crippen LogP contribution in [0.1, 0.15) is 19.8 Å². The Kier molecular flexibility index (Phi) is 2.43. The van der Waals surface area contributed by atoms with E-state index in [0.717, 1.165) is 12.8 Å². The van der Waals surface area contributed by atoms with Crippen molar-refractivity contribution in [2.24, 2.45) is 5.92 Å². The molecule has 0 bridgehead atoms. The van der Waals surface area contributed by atoms with Crippen LogP contribution in [0.3, 0.4) is 0 Å². The molecule has 10 heavy (non-hydrogen) atoms. The number of carbonyl (C=O) groups is 1. The molecule has 1 unspecified atom stereocenters. The quantitative estimate of drug-likeness (QED) is 0.539. The highest BCUT2D eigenvalue weighted by molar-refractivity contribution is 5.80. The minimum Gasteiger partial charge on any atom is -0.299 e. The molecule has 1 aliphatic rings. The van der Waals surface area contributed by atoms with Gasteiger partial charge >= 0.3 is 0 Å². The summed E-state index contributed by atoms with van der Waals surface area (Å²) in [7, 11) is 0. The molecule has 0 aromatic rings. The lowest BCUT2D eigenvalue weighted by Crippen LogP contribution is -2.06. The van der Waals surface area contributed by atoms with Gasteiger partial charge in [0.15, 0.2) is 0 Å². The van der Waals surface area contributed by atoms with Gasteiger partial charge in [-0.3, -0.25) is 4.79 Å². The molecule has 0 aromatic heterocycles. The Hall–Kier alpha value is -0.850. The van der Waals surface area contributed by atoms with Crippen LogP contribution < -0.4 is 0 Å². The summed E-state index contributed by atoms with van der Waals surface area (Å²) >= 11 is 0. The van der Waals surface area contributed by atoms with Crippen LogP contribution in [0.5, 0.6) is 0 Å². The molecular weight excluding hydrogens is 124 g/mol. The van der Waals surface area contributed by atoms with E-state index < -0.39 is 0 Å². The highest BCUT2D eigenvalue weighted by Gasteiger charge is 2.09. The number of ketones is 1. The van der Waals surface area contributed by atoms with Crippen LogP contribution in [0.2, 0.25) is 0 Å². The smallest absolute Gasteiger partial charge is 0.136 e. The van der Waals surface area contributed by atoms with Crippen LogP contribution in [0.15, 0.2) is 24.3 Å². The molecule has 0 N–H and O–H groups in total. The van der Waals surface area contributed by atoms with Crippen LogP contribution in [0.25, 0.3) is 0 Å². The highest BCUT2D eigenvalue weighted by Crippen LogP contribution is 2.12. The van der Waals surface area contributed by atoms with E-state index in [-0.39, 0.29) is 11.7 Å². The van der Waals surface area contributed by atoms with Crippen molar-refractivity contribution in [3.8, 4) is 0 Å². The van der Waals surface area contributed by atoms with Gasteiger partial charge < -0.3 is 0 Å². The summed E-state index contributed by atoms with van der Waals surface area (Å²) in [6.07, 6.45) is 10.0. The van der Waals surface area contributed by atoms with Crippen molar-refractivity contribution in [2.45, 2.75) is 19.8 Å². The third-order valence-electron chi connectivity index (χ3n) is 1.76. The standard InChI is InChI=1S/C9H12O/c1-8(10)9-6-4-2-3-5-7-9/h2-4,6,9H,5,7H2,1H3. The molecule has 0 saturated heterocycles. The zero-order valence-corrected chi connectivity index (χ0v) is 6.21. The van der Waals surface area contributed by atoms with Crippen LogP contribution in [0, 0.1) is 5.92 Å². The fourth-order valence-electron chi connectivity index (χ4n) is 1.08. The van der Waals surface area contributed by atoms with E-state index in [9.17, 15) is 4.79 Å². The van der Waals surface area contributed by atoms with Gasteiger partial charge in [-0.25, -0.2) is 0 Å². The SMILES string of the molecule is CC(=O)C1C=CC=CCC1. The van der Waals surface area contributed by atoms with Gasteiger partial charge in [0, 0.05) is 5.92 Å². The van der Waals surface area contributed by atoms with Crippen LogP contribution >= 0.6 is 0 Å². The van der Waals surface area contributed by atoms with Crippen molar-refractivity contribution >= 4 is 5.78 Å². The van der Waals surface area contributed by atoms with Crippen molar-refractivity contribution in [3.63, 3.8) is 0 Å². The van der Waals surface area contributed by atoms with Crippen molar-refractivity contribution in [1.82, 2.24) is 0 Å². The molecule has 54 valence electrons. The van der Waals surface area contributed by atoms with Crippen molar-refractivity contribution < 1.29 is 4.79 Å². The predicted molar refractivity (Wildman–Crippen MR) is 41.7 cm³/mol. The van der Waals surface area contributed by atoms with Crippen LogP contribution in [0.4, 0.5) is 0 Å². The Morgan fingerprint density at radius 2 is 2.30 bits per heavy atom. The van der Waals surface area contributed by atoms with Crippen LogP contribution in [-0.4, -0.2) is 5.78 Å². The van der Waals surface area contributed by atoms with E-state index in [1.807, 2.05) is 18.2 Å². The first-order valence-electron chi connectivity index (χ1n) is 3.64. The minimum atomic E-state index is 0.162. The average Bonchev–Trinajstić information content (AvgIpc) is 2.12. The molecule has 1 nitrogen and oxygen atoms in total. The highest BCUT2D eigenvalue weighted by atomic mass is 16.1. The van der Waals surface area contributed by atoms with Gasteiger partial charge in [0.05, 0.1) is 0 Å². The summed E-state index contributed by atoms with van der Waals surface area (Å²) in [5.74, 6) is 0.440. The molecular formula is C9H12O. The number of carbonyl (C=O) groups excluding carboxylic acids is 1. The van der Waals surface area contributed by atoms with E-state index in [1.54, 1.807) is 6.92 Å². The topological polar surface area (TPSA) is 17.1 Å². The number of hydrogen-bond acceptors (Lipinski definition) is 1. The Bertz CT molecular complexity index is 177.